The highest BCUT2D eigenvalue weighted by atomic mass is 16.1. The van der Waals surface area contributed by atoms with Crippen LogP contribution in [0.1, 0.15) is 64.7 Å². The third kappa shape index (κ3) is 1.62. The molecule has 5 aliphatic rings. The SMILES string of the molecule is C[C@H]1CC[C@H](C23CC4CC(CC(C4)C2)C3)C(=O)C1. The van der Waals surface area contributed by atoms with Gasteiger partial charge >= 0.3 is 0 Å². The number of carbonyl (C=O) groups is 1. The minimum atomic E-state index is 0.460. The second-order valence-electron chi connectivity index (χ2n) is 8.19. The first-order valence-electron chi connectivity index (χ1n) is 8.17. The molecule has 1 heteroatoms. The molecule has 5 fully saturated rings. The van der Waals surface area contributed by atoms with E-state index in [1.165, 1.54) is 51.4 Å². The summed E-state index contributed by atoms with van der Waals surface area (Å²) in [7, 11) is 0. The lowest BCUT2D eigenvalue weighted by molar-refractivity contribution is -0.144. The monoisotopic (exact) mass is 246 g/mol. The predicted molar refractivity (Wildman–Crippen MR) is 72.1 cm³/mol. The summed E-state index contributed by atoms with van der Waals surface area (Å²) in [5, 5.41) is 0. The van der Waals surface area contributed by atoms with Crippen molar-refractivity contribution < 1.29 is 4.79 Å². The molecule has 1 nitrogen and oxygen atoms in total. The van der Waals surface area contributed by atoms with Crippen molar-refractivity contribution in [2.24, 2.45) is 35.0 Å². The Labute approximate surface area is 111 Å². The quantitative estimate of drug-likeness (QED) is 0.677. The van der Waals surface area contributed by atoms with Crippen LogP contribution in [0.4, 0.5) is 0 Å². The zero-order valence-corrected chi connectivity index (χ0v) is 11.7. The molecule has 0 radical (unpaired) electrons. The molecule has 100 valence electrons. The van der Waals surface area contributed by atoms with Crippen molar-refractivity contribution in [3.8, 4) is 0 Å². The minimum Gasteiger partial charge on any atom is -0.299 e. The highest BCUT2D eigenvalue weighted by Crippen LogP contribution is 2.64. The molecule has 0 saturated heterocycles. The van der Waals surface area contributed by atoms with Gasteiger partial charge in [0.05, 0.1) is 0 Å². The van der Waals surface area contributed by atoms with Gasteiger partial charge in [0.25, 0.3) is 0 Å². The lowest BCUT2D eigenvalue weighted by atomic mass is 9.45. The summed E-state index contributed by atoms with van der Waals surface area (Å²) in [6.45, 7) is 2.26. The van der Waals surface area contributed by atoms with E-state index in [0.717, 1.165) is 24.2 Å². The third-order valence-corrected chi connectivity index (χ3v) is 6.71. The lowest BCUT2D eigenvalue weighted by Gasteiger charge is -2.60. The molecule has 5 aliphatic carbocycles. The van der Waals surface area contributed by atoms with Gasteiger partial charge < -0.3 is 0 Å². The Kier molecular flexibility index (Phi) is 2.45. The molecule has 0 aliphatic heterocycles. The van der Waals surface area contributed by atoms with Crippen molar-refractivity contribution in [1.29, 1.82) is 0 Å². The van der Waals surface area contributed by atoms with Gasteiger partial charge in [-0.3, -0.25) is 4.79 Å². The molecule has 4 bridgehead atoms. The van der Waals surface area contributed by atoms with Crippen molar-refractivity contribution in [2.45, 2.75) is 64.7 Å². The summed E-state index contributed by atoms with van der Waals surface area (Å²) in [5.74, 6) is 4.72. The maximum Gasteiger partial charge on any atom is 0.136 e. The Morgan fingerprint density at radius 3 is 2.00 bits per heavy atom. The maximum absolute atomic E-state index is 12.5. The number of hydrogen-bond donors (Lipinski definition) is 0. The van der Waals surface area contributed by atoms with E-state index in [2.05, 4.69) is 6.92 Å². The van der Waals surface area contributed by atoms with E-state index < -0.39 is 0 Å². The molecule has 0 amide bonds. The first-order valence-corrected chi connectivity index (χ1v) is 8.17. The van der Waals surface area contributed by atoms with E-state index in [9.17, 15) is 4.79 Å². The molecule has 0 heterocycles. The van der Waals surface area contributed by atoms with Gasteiger partial charge in [-0.05, 0) is 80.5 Å². The largest absolute Gasteiger partial charge is 0.299 e. The van der Waals surface area contributed by atoms with Crippen molar-refractivity contribution in [1.82, 2.24) is 0 Å². The van der Waals surface area contributed by atoms with E-state index in [1.807, 2.05) is 0 Å². The smallest absolute Gasteiger partial charge is 0.136 e. The van der Waals surface area contributed by atoms with Gasteiger partial charge in [-0.2, -0.15) is 0 Å². The standard InChI is InChI=1S/C17H26O/c1-11-2-3-15(16(18)4-11)17-8-12-5-13(9-17)7-14(6-12)10-17/h11-15H,2-10H2,1H3/t11-,12?,13?,14?,15-,17?/m0/s1. The minimum absolute atomic E-state index is 0.460. The molecule has 5 saturated carbocycles. The molecule has 0 spiro atoms. The van der Waals surface area contributed by atoms with E-state index >= 15 is 0 Å². The molecule has 0 aromatic carbocycles. The number of hydrogen-bond acceptors (Lipinski definition) is 1. The molecule has 18 heavy (non-hydrogen) atoms. The first kappa shape index (κ1) is 11.5. The zero-order valence-electron chi connectivity index (χ0n) is 11.7. The van der Waals surface area contributed by atoms with Crippen molar-refractivity contribution in [3.05, 3.63) is 0 Å². The highest BCUT2D eigenvalue weighted by molar-refractivity contribution is 5.82. The Morgan fingerprint density at radius 1 is 0.944 bits per heavy atom. The Balaban J connectivity index is 1.61. The second kappa shape index (κ2) is 3.84. The van der Waals surface area contributed by atoms with Gasteiger partial charge in [0, 0.05) is 12.3 Å². The van der Waals surface area contributed by atoms with Gasteiger partial charge in [-0.25, -0.2) is 0 Å². The van der Waals surface area contributed by atoms with Crippen molar-refractivity contribution in [2.75, 3.05) is 0 Å². The van der Waals surface area contributed by atoms with Crippen LogP contribution in [-0.2, 0) is 4.79 Å². The molecule has 0 N–H and O–H groups in total. The van der Waals surface area contributed by atoms with Crippen LogP contribution in [0.25, 0.3) is 0 Å². The van der Waals surface area contributed by atoms with E-state index in [4.69, 9.17) is 0 Å². The summed E-state index contributed by atoms with van der Waals surface area (Å²) in [6, 6.07) is 0. The van der Waals surface area contributed by atoms with Crippen LogP contribution in [0, 0.1) is 35.0 Å². The van der Waals surface area contributed by atoms with Crippen LogP contribution >= 0.6 is 0 Å². The molecular formula is C17H26O. The zero-order chi connectivity index (χ0) is 12.3. The average molecular weight is 246 g/mol. The van der Waals surface area contributed by atoms with Gasteiger partial charge in [0.1, 0.15) is 5.78 Å². The summed E-state index contributed by atoms with van der Waals surface area (Å²) in [5.41, 5.74) is 0.478. The fraction of sp³-hybridized carbons (Fsp3) is 0.941. The second-order valence-corrected chi connectivity index (χ2v) is 8.19. The predicted octanol–water partition coefficient (Wildman–Crippen LogP) is 4.21. The summed E-state index contributed by atoms with van der Waals surface area (Å²) < 4.78 is 0. The molecule has 0 unspecified atom stereocenters. The average Bonchev–Trinajstić information content (AvgIpc) is 2.26. The number of rotatable bonds is 1. The van der Waals surface area contributed by atoms with Gasteiger partial charge in [-0.1, -0.05) is 6.92 Å². The van der Waals surface area contributed by atoms with E-state index in [1.54, 1.807) is 0 Å². The van der Waals surface area contributed by atoms with E-state index in [0.29, 0.717) is 23.0 Å². The summed E-state index contributed by atoms with van der Waals surface area (Å²) >= 11 is 0. The van der Waals surface area contributed by atoms with Crippen molar-refractivity contribution in [3.63, 3.8) is 0 Å². The van der Waals surface area contributed by atoms with E-state index in [-0.39, 0.29) is 0 Å². The van der Waals surface area contributed by atoms with Crippen LogP contribution in [0.3, 0.4) is 0 Å². The molecular weight excluding hydrogens is 220 g/mol. The molecule has 0 aromatic rings. The topological polar surface area (TPSA) is 17.1 Å². The fourth-order valence-electron chi connectivity index (χ4n) is 6.45. The maximum atomic E-state index is 12.5. The number of Topliss-reactive ketones (excluding diaryl/α,β-unsaturated/α-hetero) is 1. The van der Waals surface area contributed by atoms with Crippen LogP contribution in [0.5, 0.6) is 0 Å². The molecule has 0 aromatic heterocycles. The van der Waals surface area contributed by atoms with Crippen LogP contribution < -0.4 is 0 Å². The Hall–Kier alpha value is -0.330. The van der Waals surface area contributed by atoms with Crippen LogP contribution in [0.15, 0.2) is 0 Å². The number of ketones is 1. The van der Waals surface area contributed by atoms with Gasteiger partial charge in [0.2, 0.25) is 0 Å². The molecule has 2 atom stereocenters. The van der Waals surface area contributed by atoms with Gasteiger partial charge in [0.15, 0.2) is 0 Å². The normalized spacial score (nSPS) is 54.9. The van der Waals surface area contributed by atoms with Gasteiger partial charge in [-0.15, -0.1) is 0 Å². The molecule has 5 rings (SSSR count). The summed E-state index contributed by atoms with van der Waals surface area (Å²) in [6.07, 6.45) is 12.1. The van der Waals surface area contributed by atoms with Crippen LogP contribution in [0.2, 0.25) is 0 Å². The van der Waals surface area contributed by atoms with Crippen molar-refractivity contribution >= 4 is 5.78 Å². The lowest BCUT2D eigenvalue weighted by Crippen LogP contribution is -2.52. The van der Waals surface area contributed by atoms with Crippen LogP contribution in [-0.4, -0.2) is 5.78 Å². The Bertz CT molecular complexity index is 335. The fourth-order valence-corrected chi connectivity index (χ4v) is 6.45. The Morgan fingerprint density at radius 2 is 1.50 bits per heavy atom. The third-order valence-electron chi connectivity index (χ3n) is 6.71. The first-order chi connectivity index (χ1) is 8.64. The summed E-state index contributed by atoms with van der Waals surface area (Å²) in [4.78, 5) is 12.5. The highest BCUT2D eigenvalue weighted by Gasteiger charge is 2.55. The number of carbonyl (C=O) groups excluding carboxylic acids is 1.